The van der Waals surface area contributed by atoms with Crippen LogP contribution in [0.25, 0.3) is 0 Å². The molecule has 1 saturated heterocycles. The molecule has 1 aliphatic rings. The number of nitrogens with one attached hydrogen (secondary N) is 1. The second kappa shape index (κ2) is 8.15. The lowest BCUT2D eigenvalue weighted by molar-refractivity contribution is -0.0155. The Morgan fingerprint density at radius 2 is 2.32 bits per heavy atom. The maximum atomic E-state index is 12.5. The van der Waals surface area contributed by atoms with Crippen molar-refractivity contribution in [3.8, 4) is 0 Å². The van der Waals surface area contributed by atoms with E-state index in [1.165, 1.54) is 0 Å². The molecule has 0 bridgehead atoms. The summed E-state index contributed by atoms with van der Waals surface area (Å²) in [5.41, 5.74) is 1.02. The molecule has 3 rings (SSSR count). The molecule has 2 aromatic rings. The minimum absolute atomic E-state index is 0.0384. The van der Waals surface area contributed by atoms with Crippen molar-refractivity contribution in [2.24, 2.45) is 5.92 Å². The molecule has 8 nitrogen and oxygen atoms in total. The molecule has 25 heavy (non-hydrogen) atoms. The van der Waals surface area contributed by atoms with Gasteiger partial charge in [0.05, 0.1) is 19.3 Å². The van der Waals surface area contributed by atoms with Crippen molar-refractivity contribution in [1.82, 2.24) is 29.8 Å². The monoisotopic (exact) mass is 346 g/mol. The Balaban J connectivity index is 1.48. The zero-order valence-corrected chi connectivity index (χ0v) is 14.8. The lowest BCUT2D eigenvalue weighted by Gasteiger charge is -2.32. The first-order valence-electron chi connectivity index (χ1n) is 8.80. The molecular formula is C17H26N6O2. The van der Waals surface area contributed by atoms with Gasteiger partial charge in [-0.3, -0.25) is 9.36 Å². The van der Waals surface area contributed by atoms with E-state index in [4.69, 9.17) is 4.74 Å². The van der Waals surface area contributed by atoms with Gasteiger partial charge in [0.1, 0.15) is 6.10 Å². The van der Waals surface area contributed by atoms with Crippen molar-refractivity contribution < 1.29 is 9.53 Å². The Morgan fingerprint density at radius 1 is 1.44 bits per heavy atom. The van der Waals surface area contributed by atoms with Gasteiger partial charge in [-0.1, -0.05) is 6.92 Å². The second-order valence-electron chi connectivity index (χ2n) is 6.45. The van der Waals surface area contributed by atoms with Gasteiger partial charge in [-0.15, -0.1) is 0 Å². The number of carbonyl (C=O) groups excluding carboxylic acids is 1. The van der Waals surface area contributed by atoms with Crippen molar-refractivity contribution >= 4 is 6.03 Å². The number of urea groups is 1. The van der Waals surface area contributed by atoms with E-state index in [0.29, 0.717) is 32.2 Å². The first kappa shape index (κ1) is 17.5. The highest BCUT2D eigenvalue weighted by molar-refractivity contribution is 5.74. The normalized spacial score (nSPS) is 19.0. The first-order valence-corrected chi connectivity index (χ1v) is 8.80. The zero-order chi connectivity index (χ0) is 17.6. The van der Waals surface area contributed by atoms with Crippen LogP contribution >= 0.6 is 0 Å². The third-order valence-electron chi connectivity index (χ3n) is 4.36. The summed E-state index contributed by atoms with van der Waals surface area (Å²) in [6.45, 7) is 8.07. The van der Waals surface area contributed by atoms with Crippen LogP contribution in [0.15, 0.2) is 30.9 Å². The number of aryl methyl sites for hydroxylation is 1. The molecule has 0 spiro atoms. The van der Waals surface area contributed by atoms with E-state index in [0.717, 1.165) is 18.7 Å². The number of rotatable bonds is 6. The summed E-state index contributed by atoms with van der Waals surface area (Å²) in [7, 11) is 0. The Bertz CT molecular complexity index is 668. The van der Waals surface area contributed by atoms with E-state index >= 15 is 0 Å². The number of carbonyl (C=O) groups is 1. The van der Waals surface area contributed by atoms with Gasteiger partial charge in [0.25, 0.3) is 0 Å². The van der Waals surface area contributed by atoms with E-state index in [2.05, 4.69) is 22.4 Å². The van der Waals surface area contributed by atoms with Crippen LogP contribution in [0.4, 0.5) is 4.79 Å². The van der Waals surface area contributed by atoms with Gasteiger partial charge in [-0.2, -0.15) is 10.2 Å². The molecule has 2 atom stereocenters. The average molecular weight is 346 g/mol. The minimum atomic E-state index is -0.110. The molecule has 0 unspecified atom stereocenters. The van der Waals surface area contributed by atoms with E-state index in [9.17, 15) is 4.79 Å². The van der Waals surface area contributed by atoms with Crippen LogP contribution in [-0.2, 0) is 17.8 Å². The lowest BCUT2D eigenvalue weighted by Crippen LogP contribution is -2.48. The molecule has 2 aromatic heterocycles. The fraction of sp³-hybridized carbons (Fsp3) is 0.588. The quantitative estimate of drug-likeness (QED) is 0.860. The van der Waals surface area contributed by atoms with Gasteiger partial charge < -0.3 is 15.0 Å². The predicted molar refractivity (Wildman–Crippen MR) is 93.0 cm³/mol. The van der Waals surface area contributed by atoms with Gasteiger partial charge in [0.15, 0.2) is 0 Å². The van der Waals surface area contributed by atoms with Crippen molar-refractivity contribution in [3.63, 3.8) is 0 Å². The van der Waals surface area contributed by atoms with Gasteiger partial charge in [0, 0.05) is 50.3 Å². The molecule has 2 amide bonds. The molecular weight excluding hydrogens is 320 g/mol. The Labute approximate surface area is 147 Å². The average Bonchev–Trinajstić information content (AvgIpc) is 3.31. The summed E-state index contributed by atoms with van der Waals surface area (Å²) in [5.74, 6) is 0.309. The van der Waals surface area contributed by atoms with Crippen LogP contribution in [0.1, 0.15) is 25.5 Å². The highest BCUT2D eigenvalue weighted by atomic mass is 16.5. The summed E-state index contributed by atoms with van der Waals surface area (Å²) in [4.78, 5) is 14.3. The largest absolute Gasteiger partial charge is 0.370 e. The third-order valence-corrected chi connectivity index (χ3v) is 4.36. The summed E-state index contributed by atoms with van der Waals surface area (Å²) in [6.07, 6.45) is 7.39. The standard InChI is InChI=1S/C17H26N6O2/c1-3-22-12-15(10-20-22)16-13-21(7-8-25-16)17(24)18-9-14(2)11-23-6-4-5-19-23/h4-6,10,12,14,16H,3,7-9,11,13H2,1-2H3,(H,18,24)/t14-,16+/m0/s1. The maximum absolute atomic E-state index is 12.5. The topological polar surface area (TPSA) is 77.2 Å². The number of hydrogen-bond donors (Lipinski definition) is 1. The Hall–Kier alpha value is -2.35. The van der Waals surface area contributed by atoms with E-state index in [1.807, 2.05) is 45.8 Å². The number of aromatic nitrogens is 4. The Kier molecular flexibility index (Phi) is 5.70. The SMILES string of the molecule is CCn1cc([C@H]2CN(C(=O)NC[C@H](C)Cn3cccn3)CCO2)cn1. The van der Waals surface area contributed by atoms with Crippen LogP contribution in [-0.4, -0.2) is 56.7 Å². The van der Waals surface area contributed by atoms with E-state index in [-0.39, 0.29) is 12.1 Å². The molecule has 0 aliphatic carbocycles. The number of hydrogen-bond acceptors (Lipinski definition) is 4. The van der Waals surface area contributed by atoms with Crippen LogP contribution in [0.2, 0.25) is 0 Å². The first-order chi connectivity index (χ1) is 12.2. The summed E-state index contributed by atoms with van der Waals surface area (Å²) < 4.78 is 9.56. The van der Waals surface area contributed by atoms with Gasteiger partial charge in [-0.25, -0.2) is 4.79 Å². The lowest BCUT2D eigenvalue weighted by atomic mass is 10.1. The fourth-order valence-corrected chi connectivity index (χ4v) is 2.92. The minimum Gasteiger partial charge on any atom is -0.370 e. The summed E-state index contributed by atoms with van der Waals surface area (Å²) in [5, 5.41) is 11.5. The van der Waals surface area contributed by atoms with Crippen LogP contribution in [0, 0.1) is 5.92 Å². The highest BCUT2D eigenvalue weighted by Crippen LogP contribution is 2.21. The number of ether oxygens (including phenoxy) is 1. The summed E-state index contributed by atoms with van der Waals surface area (Å²) in [6, 6.07) is 1.86. The molecule has 8 heteroatoms. The fourth-order valence-electron chi connectivity index (χ4n) is 2.92. The smallest absolute Gasteiger partial charge is 0.317 e. The van der Waals surface area contributed by atoms with Crippen LogP contribution in [0.5, 0.6) is 0 Å². The van der Waals surface area contributed by atoms with Gasteiger partial charge >= 0.3 is 6.03 Å². The van der Waals surface area contributed by atoms with Crippen molar-refractivity contribution in [2.75, 3.05) is 26.2 Å². The van der Waals surface area contributed by atoms with Crippen molar-refractivity contribution in [2.45, 2.75) is 33.0 Å². The van der Waals surface area contributed by atoms with E-state index < -0.39 is 0 Å². The highest BCUT2D eigenvalue weighted by Gasteiger charge is 2.26. The predicted octanol–water partition coefficient (Wildman–Crippen LogP) is 1.52. The number of amides is 2. The number of nitrogens with zero attached hydrogens (tertiary/aromatic N) is 5. The molecule has 3 heterocycles. The maximum Gasteiger partial charge on any atom is 0.317 e. The third kappa shape index (κ3) is 4.60. The second-order valence-corrected chi connectivity index (χ2v) is 6.45. The summed E-state index contributed by atoms with van der Waals surface area (Å²) >= 11 is 0. The molecule has 0 radical (unpaired) electrons. The van der Waals surface area contributed by atoms with Crippen LogP contribution < -0.4 is 5.32 Å². The van der Waals surface area contributed by atoms with Gasteiger partial charge in [0.2, 0.25) is 0 Å². The van der Waals surface area contributed by atoms with Crippen molar-refractivity contribution in [1.29, 1.82) is 0 Å². The molecule has 1 aliphatic heterocycles. The van der Waals surface area contributed by atoms with Crippen molar-refractivity contribution in [3.05, 3.63) is 36.4 Å². The van der Waals surface area contributed by atoms with E-state index in [1.54, 1.807) is 6.20 Å². The molecule has 1 fully saturated rings. The molecule has 0 aromatic carbocycles. The Morgan fingerprint density at radius 3 is 3.04 bits per heavy atom. The van der Waals surface area contributed by atoms with Gasteiger partial charge in [-0.05, 0) is 18.9 Å². The van der Waals surface area contributed by atoms with Crippen LogP contribution in [0.3, 0.4) is 0 Å². The molecule has 1 N–H and O–H groups in total. The zero-order valence-electron chi connectivity index (χ0n) is 14.8. The molecule has 136 valence electrons. The molecule has 0 saturated carbocycles. The number of morpholine rings is 1.